The second-order valence-corrected chi connectivity index (χ2v) is 8.03. The number of piperazine rings is 1. The van der Waals surface area contributed by atoms with Gasteiger partial charge in [0, 0.05) is 37.9 Å². The van der Waals surface area contributed by atoms with Gasteiger partial charge in [-0.15, -0.1) is 0 Å². The summed E-state index contributed by atoms with van der Waals surface area (Å²) < 4.78 is 5.44. The van der Waals surface area contributed by atoms with Crippen LogP contribution in [0.4, 0.5) is 16.2 Å². The monoisotopic (exact) mass is 356 g/mol. The zero-order chi connectivity index (χ0) is 18.7. The third-order valence-electron chi connectivity index (χ3n) is 4.97. The lowest BCUT2D eigenvalue weighted by Gasteiger charge is -2.37. The molecule has 2 aliphatic rings. The van der Waals surface area contributed by atoms with E-state index in [9.17, 15) is 10.1 Å². The van der Waals surface area contributed by atoms with Gasteiger partial charge in [-0.1, -0.05) is 0 Å². The number of rotatable bonds is 3. The van der Waals surface area contributed by atoms with Gasteiger partial charge in [-0.05, 0) is 64.3 Å². The Bertz CT molecular complexity index is 663. The van der Waals surface area contributed by atoms with E-state index in [0.717, 1.165) is 37.3 Å². The normalized spacial score (nSPS) is 18.1. The number of carbonyl (C=O) groups is 1. The molecule has 0 bridgehead atoms. The average molecular weight is 356 g/mol. The van der Waals surface area contributed by atoms with E-state index >= 15 is 0 Å². The van der Waals surface area contributed by atoms with Crippen molar-refractivity contribution in [3.05, 3.63) is 24.3 Å². The summed E-state index contributed by atoms with van der Waals surface area (Å²) in [4.78, 5) is 18.0. The maximum Gasteiger partial charge on any atom is 0.410 e. The maximum atomic E-state index is 12.2. The van der Waals surface area contributed by atoms with E-state index in [-0.39, 0.29) is 6.09 Å². The Kier molecular flexibility index (Phi) is 5.26. The van der Waals surface area contributed by atoms with Crippen LogP contribution in [0.15, 0.2) is 24.3 Å². The molecule has 3 rings (SSSR count). The van der Waals surface area contributed by atoms with Crippen LogP contribution in [0.1, 0.15) is 40.0 Å². The second kappa shape index (κ2) is 7.45. The summed E-state index contributed by atoms with van der Waals surface area (Å²) in [7, 11) is 0. The number of ether oxygens (including phenoxy) is 1. The Labute approximate surface area is 155 Å². The van der Waals surface area contributed by atoms with Crippen molar-refractivity contribution in [2.75, 3.05) is 36.0 Å². The fourth-order valence-electron chi connectivity index (χ4n) is 3.29. The van der Waals surface area contributed by atoms with Crippen molar-refractivity contribution in [3.8, 4) is 6.19 Å². The Morgan fingerprint density at radius 3 is 2.23 bits per heavy atom. The van der Waals surface area contributed by atoms with Crippen LogP contribution in [0.5, 0.6) is 0 Å². The number of nitriles is 1. The Hall–Kier alpha value is -2.42. The number of anilines is 2. The van der Waals surface area contributed by atoms with Gasteiger partial charge < -0.3 is 14.5 Å². The summed E-state index contributed by atoms with van der Waals surface area (Å²) in [6, 6.07) is 8.56. The lowest BCUT2D eigenvalue weighted by atomic mass is 9.91. The first kappa shape index (κ1) is 18.4. The number of benzene rings is 1. The minimum Gasteiger partial charge on any atom is -0.444 e. The molecule has 6 nitrogen and oxygen atoms in total. The van der Waals surface area contributed by atoms with Crippen molar-refractivity contribution >= 4 is 17.5 Å². The third kappa shape index (κ3) is 4.21. The van der Waals surface area contributed by atoms with E-state index in [0.29, 0.717) is 19.1 Å². The molecule has 26 heavy (non-hydrogen) atoms. The van der Waals surface area contributed by atoms with Gasteiger partial charge in [-0.25, -0.2) is 4.79 Å². The summed E-state index contributed by atoms with van der Waals surface area (Å²) in [5.41, 5.74) is 1.63. The predicted molar refractivity (Wildman–Crippen MR) is 102 cm³/mol. The van der Waals surface area contributed by atoms with E-state index < -0.39 is 5.60 Å². The minimum atomic E-state index is -0.461. The highest BCUT2D eigenvalue weighted by Crippen LogP contribution is 2.30. The molecule has 1 aliphatic heterocycles. The molecule has 0 radical (unpaired) electrons. The Morgan fingerprint density at radius 1 is 1.15 bits per heavy atom. The molecule has 140 valence electrons. The second-order valence-electron chi connectivity index (χ2n) is 8.03. The van der Waals surface area contributed by atoms with Crippen LogP contribution in [-0.2, 0) is 4.74 Å². The van der Waals surface area contributed by atoms with Gasteiger partial charge in [-0.3, -0.25) is 4.90 Å². The van der Waals surface area contributed by atoms with Crippen molar-refractivity contribution in [2.45, 2.75) is 51.7 Å². The van der Waals surface area contributed by atoms with Crippen LogP contribution in [0, 0.1) is 11.5 Å². The smallest absolute Gasteiger partial charge is 0.410 e. The van der Waals surface area contributed by atoms with Gasteiger partial charge in [0.1, 0.15) is 5.60 Å². The van der Waals surface area contributed by atoms with Gasteiger partial charge >= 0.3 is 6.09 Å². The molecule has 2 fully saturated rings. The van der Waals surface area contributed by atoms with Crippen LogP contribution < -0.4 is 9.80 Å². The first-order valence-electron chi connectivity index (χ1n) is 9.39. The van der Waals surface area contributed by atoms with Crippen LogP contribution >= 0.6 is 0 Å². The molecule has 1 aromatic rings. The minimum absolute atomic E-state index is 0.238. The fraction of sp³-hybridized carbons (Fsp3) is 0.600. The lowest BCUT2D eigenvalue weighted by molar-refractivity contribution is 0.0240. The largest absolute Gasteiger partial charge is 0.444 e. The standard InChI is InChI=1S/C20H28N4O2/c1-20(2,3)26-19(25)23-13-11-22(12-14-23)16-7-9-18(10-8-16)24(15-21)17-5-4-6-17/h7-10,17H,4-6,11-14H2,1-3H3. The lowest BCUT2D eigenvalue weighted by Crippen LogP contribution is -2.50. The van der Waals surface area contributed by atoms with Crippen molar-refractivity contribution in [1.82, 2.24) is 4.90 Å². The quantitative estimate of drug-likeness (QED) is 0.612. The first-order chi connectivity index (χ1) is 12.4. The molecule has 1 aromatic carbocycles. The first-order valence-corrected chi connectivity index (χ1v) is 9.39. The molecule has 0 atom stereocenters. The SMILES string of the molecule is CC(C)(C)OC(=O)N1CCN(c2ccc(N(C#N)C3CCC3)cc2)CC1. The molecule has 1 saturated carbocycles. The highest BCUT2D eigenvalue weighted by Gasteiger charge is 2.27. The highest BCUT2D eigenvalue weighted by molar-refractivity contribution is 5.69. The summed E-state index contributed by atoms with van der Waals surface area (Å²) in [5.74, 6) is 0. The van der Waals surface area contributed by atoms with E-state index in [1.807, 2.05) is 37.8 Å². The molecule has 6 heteroatoms. The molecule has 0 aromatic heterocycles. The molecule has 1 amide bonds. The van der Waals surface area contributed by atoms with Crippen molar-refractivity contribution in [1.29, 1.82) is 5.26 Å². The molecular weight excluding hydrogens is 328 g/mol. The average Bonchev–Trinajstić information content (AvgIpc) is 2.57. The molecule has 0 spiro atoms. The molecule has 1 aliphatic carbocycles. The zero-order valence-electron chi connectivity index (χ0n) is 15.9. The number of hydrogen-bond donors (Lipinski definition) is 0. The summed E-state index contributed by atoms with van der Waals surface area (Å²) in [5, 5.41) is 9.41. The predicted octanol–water partition coefficient (Wildman–Crippen LogP) is 3.58. The van der Waals surface area contributed by atoms with E-state index in [4.69, 9.17) is 4.74 Å². The summed E-state index contributed by atoms with van der Waals surface area (Å²) in [6.07, 6.45) is 5.49. The van der Waals surface area contributed by atoms with Gasteiger partial charge in [0.15, 0.2) is 6.19 Å². The van der Waals surface area contributed by atoms with Gasteiger partial charge in [0.25, 0.3) is 0 Å². The van der Waals surface area contributed by atoms with Crippen molar-refractivity contribution in [2.24, 2.45) is 0 Å². The van der Waals surface area contributed by atoms with E-state index in [1.165, 1.54) is 6.42 Å². The Morgan fingerprint density at radius 2 is 1.77 bits per heavy atom. The topological polar surface area (TPSA) is 59.8 Å². The molecule has 1 heterocycles. The van der Waals surface area contributed by atoms with Crippen molar-refractivity contribution < 1.29 is 9.53 Å². The highest BCUT2D eigenvalue weighted by atomic mass is 16.6. The van der Waals surface area contributed by atoms with Crippen LogP contribution in [0.3, 0.4) is 0 Å². The van der Waals surface area contributed by atoms with Gasteiger partial charge in [0.2, 0.25) is 0 Å². The van der Waals surface area contributed by atoms with Gasteiger partial charge in [0.05, 0.1) is 5.69 Å². The fourth-order valence-corrected chi connectivity index (χ4v) is 3.29. The number of hydrogen-bond acceptors (Lipinski definition) is 5. The third-order valence-corrected chi connectivity index (χ3v) is 4.97. The number of amides is 1. The zero-order valence-corrected chi connectivity index (χ0v) is 15.9. The summed E-state index contributed by atoms with van der Waals surface area (Å²) >= 11 is 0. The van der Waals surface area contributed by atoms with E-state index in [2.05, 4.69) is 23.2 Å². The van der Waals surface area contributed by atoms with Crippen LogP contribution in [0.2, 0.25) is 0 Å². The molecule has 0 N–H and O–H groups in total. The maximum absolute atomic E-state index is 12.2. The van der Waals surface area contributed by atoms with E-state index in [1.54, 1.807) is 4.90 Å². The Balaban J connectivity index is 1.56. The number of nitrogens with zero attached hydrogens (tertiary/aromatic N) is 4. The molecular formula is C20H28N4O2. The number of carbonyl (C=O) groups excluding carboxylic acids is 1. The molecule has 1 saturated heterocycles. The molecule has 0 unspecified atom stereocenters. The van der Waals surface area contributed by atoms with Gasteiger partial charge in [-0.2, -0.15) is 5.26 Å². The van der Waals surface area contributed by atoms with Crippen LogP contribution in [0.25, 0.3) is 0 Å². The van der Waals surface area contributed by atoms with Crippen molar-refractivity contribution in [3.63, 3.8) is 0 Å². The summed E-state index contributed by atoms with van der Waals surface area (Å²) in [6.45, 7) is 8.53. The van der Waals surface area contributed by atoms with Crippen LogP contribution in [-0.4, -0.2) is 48.8 Å².